The Morgan fingerprint density at radius 1 is 1.15 bits per heavy atom. The number of benzene rings is 2. The summed E-state index contributed by atoms with van der Waals surface area (Å²) in [5.74, 6) is 0.607. The fraction of sp³-hybridized carbons (Fsp3) is 0.364. The number of aryl methyl sites for hydroxylation is 2. The Kier molecular flexibility index (Phi) is 5.91. The third kappa shape index (κ3) is 4.43. The highest BCUT2D eigenvalue weighted by Crippen LogP contribution is 2.26. The molecular weight excluding hydrogens is 324 g/mol. The molecule has 0 saturated heterocycles. The van der Waals surface area contributed by atoms with Gasteiger partial charge in [-0.15, -0.1) is 0 Å². The van der Waals surface area contributed by atoms with E-state index in [1.165, 1.54) is 24.0 Å². The van der Waals surface area contributed by atoms with Gasteiger partial charge >= 0.3 is 0 Å². The standard InChI is InChI=1S/C22H24N2O2/c1-2-21(22(25)24-19-10-7-16(8-11-19)13-14-23)26-20-12-9-17-5-3-4-6-18(17)15-20/h7-12,15,21H,2-6,13H2,1H3,(H,24,25). The molecule has 0 fully saturated rings. The Hall–Kier alpha value is -2.80. The van der Waals surface area contributed by atoms with E-state index < -0.39 is 6.10 Å². The van der Waals surface area contributed by atoms with Crippen LogP contribution in [0.4, 0.5) is 5.69 Å². The number of rotatable bonds is 6. The quantitative estimate of drug-likeness (QED) is 0.840. The van der Waals surface area contributed by atoms with Crippen molar-refractivity contribution in [3.05, 3.63) is 59.2 Å². The molecule has 0 spiro atoms. The molecule has 26 heavy (non-hydrogen) atoms. The number of nitrogens with zero attached hydrogens (tertiary/aromatic N) is 1. The smallest absolute Gasteiger partial charge is 0.265 e. The number of nitriles is 1. The lowest BCUT2D eigenvalue weighted by atomic mass is 9.92. The largest absolute Gasteiger partial charge is 0.481 e. The number of fused-ring (bicyclic) bond motifs is 1. The van der Waals surface area contributed by atoms with Crippen molar-refractivity contribution in [3.63, 3.8) is 0 Å². The van der Waals surface area contributed by atoms with Crippen molar-refractivity contribution in [2.45, 2.75) is 51.6 Å². The molecule has 1 atom stereocenters. The molecule has 4 nitrogen and oxygen atoms in total. The number of hydrogen-bond donors (Lipinski definition) is 1. The topological polar surface area (TPSA) is 62.1 Å². The average Bonchev–Trinajstić information content (AvgIpc) is 2.67. The third-order valence-corrected chi connectivity index (χ3v) is 4.77. The van der Waals surface area contributed by atoms with E-state index in [4.69, 9.17) is 10.00 Å². The Morgan fingerprint density at radius 3 is 2.58 bits per heavy atom. The molecule has 2 aromatic rings. The molecule has 1 unspecified atom stereocenters. The summed E-state index contributed by atoms with van der Waals surface area (Å²) >= 11 is 0. The number of ether oxygens (including phenoxy) is 1. The van der Waals surface area contributed by atoms with Crippen molar-refractivity contribution in [2.75, 3.05) is 5.32 Å². The maximum absolute atomic E-state index is 12.6. The second-order valence-corrected chi connectivity index (χ2v) is 6.67. The molecule has 1 aliphatic rings. The number of carbonyl (C=O) groups excluding carboxylic acids is 1. The van der Waals surface area contributed by atoms with Gasteiger partial charge in [-0.3, -0.25) is 4.79 Å². The van der Waals surface area contributed by atoms with E-state index in [1.807, 2.05) is 37.3 Å². The lowest BCUT2D eigenvalue weighted by Gasteiger charge is -2.20. The first-order valence-electron chi connectivity index (χ1n) is 9.25. The van der Waals surface area contributed by atoms with Crippen LogP contribution in [0.2, 0.25) is 0 Å². The van der Waals surface area contributed by atoms with Crippen LogP contribution in [0.1, 0.15) is 42.9 Å². The molecule has 3 rings (SSSR count). The van der Waals surface area contributed by atoms with E-state index in [0.717, 1.165) is 24.2 Å². The van der Waals surface area contributed by atoms with Gasteiger partial charge in [0.15, 0.2) is 6.10 Å². The van der Waals surface area contributed by atoms with E-state index >= 15 is 0 Å². The summed E-state index contributed by atoms with van der Waals surface area (Å²) < 4.78 is 5.97. The molecule has 0 heterocycles. The molecule has 0 radical (unpaired) electrons. The Labute approximate surface area is 154 Å². The fourth-order valence-corrected chi connectivity index (χ4v) is 3.29. The number of carbonyl (C=O) groups is 1. The summed E-state index contributed by atoms with van der Waals surface area (Å²) in [4.78, 5) is 12.6. The van der Waals surface area contributed by atoms with Crippen LogP contribution < -0.4 is 10.1 Å². The summed E-state index contributed by atoms with van der Waals surface area (Å²) in [6, 6.07) is 15.6. The normalized spacial score (nSPS) is 14.0. The summed E-state index contributed by atoms with van der Waals surface area (Å²) in [7, 11) is 0. The summed E-state index contributed by atoms with van der Waals surface area (Å²) in [6.45, 7) is 1.94. The second kappa shape index (κ2) is 8.53. The van der Waals surface area contributed by atoms with Crippen LogP contribution in [-0.2, 0) is 24.1 Å². The lowest BCUT2D eigenvalue weighted by Crippen LogP contribution is -2.32. The van der Waals surface area contributed by atoms with Crippen LogP contribution in [-0.4, -0.2) is 12.0 Å². The minimum Gasteiger partial charge on any atom is -0.481 e. The van der Waals surface area contributed by atoms with Gasteiger partial charge in [0.05, 0.1) is 12.5 Å². The van der Waals surface area contributed by atoms with Crippen LogP contribution in [0, 0.1) is 11.3 Å². The predicted molar refractivity (Wildman–Crippen MR) is 102 cm³/mol. The minimum absolute atomic E-state index is 0.154. The van der Waals surface area contributed by atoms with E-state index in [2.05, 4.69) is 23.5 Å². The predicted octanol–water partition coefficient (Wildman–Crippen LogP) is 4.43. The lowest BCUT2D eigenvalue weighted by molar-refractivity contribution is -0.122. The Balaban J connectivity index is 1.64. The van der Waals surface area contributed by atoms with Crippen LogP contribution >= 0.6 is 0 Å². The van der Waals surface area contributed by atoms with Crippen molar-refractivity contribution in [1.29, 1.82) is 5.26 Å². The highest BCUT2D eigenvalue weighted by Gasteiger charge is 2.19. The van der Waals surface area contributed by atoms with E-state index in [-0.39, 0.29) is 5.91 Å². The average molecular weight is 348 g/mol. The van der Waals surface area contributed by atoms with Gasteiger partial charge in [-0.2, -0.15) is 5.26 Å². The maximum atomic E-state index is 12.6. The van der Waals surface area contributed by atoms with Crippen LogP contribution in [0.15, 0.2) is 42.5 Å². The van der Waals surface area contributed by atoms with Gasteiger partial charge in [-0.25, -0.2) is 0 Å². The van der Waals surface area contributed by atoms with E-state index in [1.54, 1.807) is 0 Å². The van der Waals surface area contributed by atoms with Gasteiger partial charge in [0, 0.05) is 5.69 Å². The molecule has 1 aliphatic carbocycles. The zero-order chi connectivity index (χ0) is 18.4. The number of anilines is 1. The van der Waals surface area contributed by atoms with Crippen LogP contribution in [0.25, 0.3) is 0 Å². The van der Waals surface area contributed by atoms with Crippen molar-refractivity contribution in [2.24, 2.45) is 0 Å². The van der Waals surface area contributed by atoms with Gasteiger partial charge in [0.2, 0.25) is 0 Å². The maximum Gasteiger partial charge on any atom is 0.265 e. The first-order chi connectivity index (χ1) is 12.7. The summed E-state index contributed by atoms with van der Waals surface area (Å²) in [6.07, 6.45) is 5.12. The van der Waals surface area contributed by atoms with Gasteiger partial charge < -0.3 is 10.1 Å². The monoisotopic (exact) mass is 348 g/mol. The summed E-state index contributed by atoms with van der Waals surface area (Å²) in [5.41, 5.74) is 4.39. The minimum atomic E-state index is -0.532. The molecule has 1 amide bonds. The highest BCUT2D eigenvalue weighted by molar-refractivity contribution is 5.94. The second-order valence-electron chi connectivity index (χ2n) is 6.67. The molecule has 0 aliphatic heterocycles. The van der Waals surface area contributed by atoms with Crippen molar-refractivity contribution in [3.8, 4) is 11.8 Å². The molecule has 2 aromatic carbocycles. The number of amides is 1. The molecule has 1 N–H and O–H groups in total. The molecule has 0 bridgehead atoms. The van der Waals surface area contributed by atoms with Gasteiger partial charge in [-0.05, 0) is 73.1 Å². The third-order valence-electron chi connectivity index (χ3n) is 4.77. The molecule has 4 heteroatoms. The molecule has 0 aromatic heterocycles. The Morgan fingerprint density at radius 2 is 1.88 bits per heavy atom. The molecule has 0 saturated carbocycles. The van der Waals surface area contributed by atoms with Gasteiger partial charge in [0.25, 0.3) is 5.91 Å². The molecular formula is C22H24N2O2. The SMILES string of the molecule is CCC(Oc1ccc2c(c1)CCCC2)C(=O)Nc1ccc(CC#N)cc1. The highest BCUT2D eigenvalue weighted by atomic mass is 16.5. The van der Waals surface area contributed by atoms with E-state index in [0.29, 0.717) is 18.5 Å². The Bertz CT molecular complexity index is 806. The van der Waals surface area contributed by atoms with Crippen molar-refractivity contribution >= 4 is 11.6 Å². The summed E-state index contributed by atoms with van der Waals surface area (Å²) in [5, 5.41) is 11.6. The first-order valence-corrected chi connectivity index (χ1v) is 9.25. The van der Waals surface area contributed by atoms with E-state index in [9.17, 15) is 4.79 Å². The fourth-order valence-electron chi connectivity index (χ4n) is 3.29. The number of nitrogens with one attached hydrogen (secondary N) is 1. The molecule has 134 valence electrons. The zero-order valence-electron chi connectivity index (χ0n) is 15.1. The van der Waals surface area contributed by atoms with Gasteiger partial charge in [0.1, 0.15) is 5.75 Å². The first kappa shape index (κ1) is 18.0. The van der Waals surface area contributed by atoms with Crippen LogP contribution in [0.5, 0.6) is 5.75 Å². The van der Waals surface area contributed by atoms with Gasteiger partial charge in [-0.1, -0.05) is 25.1 Å². The van der Waals surface area contributed by atoms with Crippen LogP contribution in [0.3, 0.4) is 0 Å². The zero-order valence-corrected chi connectivity index (χ0v) is 15.1. The van der Waals surface area contributed by atoms with Crippen molar-refractivity contribution < 1.29 is 9.53 Å². The van der Waals surface area contributed by atoms with Crippen molar-refractivity contribution in [1.82, 2.24) is 0 Å². The number of hydrogen-bond acceptors (Lipinski definition) is 3.